The van der Waals surface area contributed by atoms with Crippen LogP contribution in [-0.2, 0) is 6.54 Å². The largest absolute Gasteiger partial charge is 0.494 e. The zero-order chi connectivity index (χ0) is 12.8. The van der Waals surface area contributed by atoms with E-state index in [1.807, 2.05) is 13.0 Å². The molecular formula is C15H25ClN2O. The Hall–Kier alpha value is -0.770. The fourth-order valence-corrected chi connectivity index (χ4v) is 2.55. The lowest BCUT2D eigenvalue weighted by Gasteiger charge is -2.32. The van der Waals surface area contributed by atoms with E-state index >= 15 is 0 Å². The molecule has 0 amide bonds. The first-order valence-electron chi connectivity index (χ1n) is 6.93. The van der Waals surface area contributed by atoms with E-state index < -0.39 is 0 Å². The zero-order valence-corrected chi connectivity index (χ0v) is 12.7. The third kappa shape index (κ3) is 4.68. The number of hydrogen-bond donors (Lipinski definition) is 1. The SMILES string of the molecule is CCOc1ccccc1CN1CCC(NC)CC1.Cl. The quantitative estimate of drug-likeness (QED) is 0.900. The first-order chi connectivity index (χ1) is 8.83. The van der Waals surface area contributed by atoms with Crippen molar-refractivity contribution in [3.63, 3.8) is 0 Å². The second-order valence-corrected chi connectivity index (χ2v) is 4.88. The zero-order valence-electron chi connectivity index (χ0n) is 11.9. The maximum atomic E-state index is 5.68. The van der Waals surface area contributed by atoms with Crippen molar-refractivity contribution in [3.05, 3.63) is 29.8 Å². The van der Waals surface area contributed by atoms with E-state index in [-0.39, 0.29) is 12.4 Å². The van der Waals surface area contributed by atoms with Crippen LogP contribution in [0.3, 0.4) is 0 Å². The Bertz CT molecular complexity index is 365. The van der Waals surface area contributed by atoms with Crippen LogP contribution in [0.25, 0.3) is 0 Å². The lowest BCUT2D eigenvalue weighted by molar-refractivity contribution is 0.192. The van der Waals surface area contributed by atoms with Crippen LogP contribution in [0.1, 0.15) is 25.3 Å². The molecule has 0 spiro atoms. The van der Waals surface area contributed by atoms with Gasteiger partial charge < -0.3 is 10.1 Å². The molecule has 0 bridgehead atoms. The minimum atomic E-state index is 0. The lowest BCUT2D eigenvalue weighted by atomic mass is 10.0. The van der Waals surface area contributed by atoms with Gasteiger partial charge in [-0.3, -0.25) is 4.90 Å². The maximum Gasteiger partial charge on any atom is 0.123 e. The van der Waals surface area contributed by atoms with Gasteiger partial charge in [-0.1, -0.05) is 18.2 Å². The summed E-state index contributed by atoms with van der Waals surface area (Å²) in [6, 6.07) is 9.08. The van der Waals surface area contributed by atoms with Gasteiger partial charge in [-0.25, -0.2) is 0 Å². The Morgan fingerprint density at radius 2 is 1.95 bits per heavy atom. The van der Waals surface area contributed by atoms with Crippen molar-refractivity contribution in [1.29, 1.82) is 0 Å². The molecule has 0 saturated carbocycles. The summed E-state index contributed by atoms with van der Waals surface area (Å²) in [5.74, 6) is 1.04. The van der Waals surface area contributed by atoms with Gasteiger partial charge in [0, 0.05) is 18.2 Å². The fraction of sp³-hybridized carbons (Fsp3) is 0.600. The number of hydrogen-bond acceptors (Lipinski definition) is 3. The lowest BCUT2D eigenvalue weighted by Crippen LogP contribution is -2.40. The van der Waals surface area contributed by atoms with Crippen molar-refractivity contribution in [2.24, 2.45) is 0 Å². The molecule has 1 saturated heterocycles. The summed E-state index contributed by atoms with van der Waals surface area (Å²) in [6.07, 6.45) is 2.49. The molecule has 0 atom stereocenters. The summed E-state index contributed by atoms with van der Waals surface area (Å²) >= 11 is 0. The molecule has 0 aliphatic carbocycles. The molecule has 19 heavy (non-hydrogen) atoms. The van der Waals surface area contributed by atoms with Crippen LogP contribution in [-0.4, -0.2) is 37.7 Å². The van der Waals surface area contributed by atoms with E-state index in [2.05, 4.69) is 35.5 Å². The Morgan fingerprint density at radius 1 is 1.26 bits per heavy atom. The molecule has 0 aromatic heterocycles. The fourth-order valence-electron chi connectivity index (χ4n) is 2.55. The first-order valence-corrected chi connectivity index (χ1v) is 6.93. The van der Waals surface area contributed by atoms with Crippen molar-refractivity contribution in [3.8, 4) is 5.75 Å². The van der Waals surface area contributed by atoms with Crippen molar-refractivity contribution >= 4 is 12.4 Å². The van der Waals surface area contributed by atoms with Crippen molar-refractivity contribution in [1.82, 2.24) is 10.2 Å². The molecule has 1 fully saturated rings. The van der Waals surface area contributed by atoms with Crippen LogP contribution in [0.4, 0.5) is 0 Å². The second kappa shape index (κ2) is 8.41. The normalized spacial score (nSPS) is 16.9. The standard InChI is InChI=1S/C15H24N2O.ClH/c1-3-18-15-7-5-4-6-13(15)12-17-10-8-14(16-2)9-11-17;/h4-7,14,16H,3,8-12H2,1-2H3;1H. The monoisotopic (exact) mass is 284 g/mol. The number of benzene rings is 1. The Labute approximate surface area is 122 Å². The van der Waals surface area contributed by atoms with Crippen LogP contribution in [0.5, 0.6) is 5.75 Å². The Kier molecular flexibility index (Phi) is 7.21. The summed E-state index contributed by atoms with van der Waals surface area (Å²) in [5.41, 5.74) is 1.31. The summed E-state index contributed by atoms with van der Waals surface area (Å²) in [4.78, 5) is 2.52. The molecule has 2 rings (SSSR count). The van der Waals surface area contributed by atoms with Gasteiger partial charge in [0.2, 0.25) is 0 Å². The van der Waals surface area contributed by atoms with Gasteiger partial charge in [0.1, 0.15) is 5.75 Å². The summed E-state index contributed by atoms with van der Waals surface area (Å²) in [6.45, 7) is 6.12. The molecule has 108 valence electrons. The summed E-state index contributed by atoms with van der Waals surface area (Å²) < 4.78 is 5.68. The smallest absolute Gasteiger partial charge is 0.123 e. The van der Waals surface area contributed by atoms with Crippen molar-refractivity contribution < 1.29 is 4.74 Å². The van der Waals surface area contributed by atoms with E-state index in [0.29, 0.717) is 6.04 Å². The number of rotatable bonds is 5. The number of likely N-dealkylation sites (tertiary alicyclic amines) is 1. The molecule has 1 aliphatic heterocycles. The number of para-hydroxylation sites is 1. The molecule has 1 N–H and O–H groups in total. The molecule has 1 aromatic carbocycles. The van der Waals surface area contributed by atoms with E-state index in [9.17, 15) is 0 Å². The molecule has 0 radical (unpaired) electrons. The molecule has 1 heterocycles. The van der Waals surface area contributed by atoms with Crippen LogP contribution in [0, 0.1) is 0 Å². The van der Waals surface area contributed by atoms with Gasteiger partial charge in [0.05, 0.1) is 6.61 Å². The minimum absolute atomic E-state index is 0. The number of piperidine rings is 1. The number of nitrogens with zero attached hydrogens (tertiary/aromatic N) is 1. The molecule has 0 unspecified atom stereocenters. The average Bonchev–Trinajstić information content (AvgIpc) is 2.42. The van der Waals surface area contributed by atoms with Crippen LogP contribution in [0.2, 0.25) is 0 Å². The van der Waals surface area contributed by atoms with Crippen LogP contribution in [0.15, 0.2) is 24.3 Å². The number of halogens is 1. The van der Waals surface area contributed by atoms with Gasteiger partial charge >= 0.3 is 0 Å². The highest BCUT2D eigenvalue weighted by Crippen LogP contribution is 2.21. The van der Waals surface area contributed by atoms with E-state index in [0.717, 1.165) is 18.9 Å². The Morgan fingerprint density at radius 3 is 2.58 bits per heavy atom. The molecule has 4 heteroatoms. The van der Waals surface area contributed by atoms with Crippen molar-refractivity contribution in [2.45, 2.75) is 32.4 Å². The minimum Gasteiger partial charge on any atom is -0.494 e. The summed E-state index contributed by atoms with van der Waals surface area (Å²) in [7, 11) is 2.06. The number of ether oxygens (including phenoxy) is 1. The molecular weight excluding hydrogens is 260 g/mol. The Balaban J connectivity index is 0.00000180. The van der Waals surface area contributed by atoms with E-state index in [1.165, 1.54) is 31.5 Å². The molecule has 3 nitrogen and oxygen atoms in total. The highest BCUT2D eigenvalue weighted by Gasteiger charge is 2.18. The molecule has 1 aromatic rings. The average molecular weight is 285 g/mol. The van der Waals surface area contributed by atoms with Gasteiger partial charge in [0.15, 0.2) is 0 Å². The van der Waals surface area contributed by atoms with Crippen LogP contribution >= 0.6 is 12.4 Å². The number of nitrogens with one attached hydrogen (secondary N) is 1. The highest BCUT2D eigenvalue weighted by molar-refractivity contribution is 5.85. The van der Waals surface area contributed by atoms with E-state index in [4.69, 9.17) is 4.74 Å². The first kappa shape index (κ1) is 16.3. The second-order valence-electron chi connectivity index (χ2n) is 4.88. The predicted octanol–water partition coefficient (Wildman–Crippen LogP) is 2.69. The maximum absolute atomic E-state index is 5.68. The van der Waals surface area contributed by atoms with Gasteiger partial charge in [-0.2, -0.15) is 0 Å². The third-order valence-corrected chi connectivity index (χ3v) is 3.66. The van der Waals surface area contributed by atoms with Gasteiger partial charge in [0.25, 0.3) is 0 Å². The van der Waals surface area contributed by atoms with Gasteiger partial charge in [-0.15, -0.1) is 12.4 Å². The topological polar surface area (TPSA) is 24.5 Å². The van der Waals surface area contributed by atoms with E-state index in [1.54, 1.807) is 0 Å². The predicted molar refractivity (Wildman–Crippen MR) is 82.2 cm³/mol. The summed E-state index contributed by atoms with van der Waals surface area (Å²) in [5, 5.41) is 3.37. The molecule has 1 aliphatic rings. The van der Waals surface area contributed by atoms with Crippen LogP contribution < -0.4 is 10.1 Å². The highest BCUT2D eigenvalue weighted by atomic mass is 35.5. The van der Waals surface area contributed by atoms with Crippen molar-refractivity contribution in [2.75, 3.05) is 26.7 Å². The van der Waals surface area contributed by atoms with Gasteiger partial charge in [-0.05, 0) is 46.0 Å². The third-order valence-electron chi connectivity index (χ3n) is 3.66.